The van der Waals surface area contributed by atoms with Crippen LogP contribution in [0.1, 0.15) is 40.2 Å². The number of halogens is 1. The van der Waals surface area contributed by atoms with E-state index in [1.807, 2.05) is 91.0 Å². The summed E-state index contributed by atoms with van der Waals surface area (Å²) in [6.45, 7) is 1.44. The quantitative estimate of drug-likeness (QED) is 0.154. The Morgan fingerprint density at radius 1 is 0.778 bits per heavy atom. The van der Waals surface area contributed by atoms with E-state index in [0.29, 0.717) is 31.2 Å². The van der Waals surface area contributed by atoms with Gasteiger partial charge in [0.1, 0.15) is 12.4 Å². The van der Waals surface area contributed by atoms with Gasteiger partial charge in [0.05, 0.1) is 7.11 Å². The number of amides is 1. The number of benzene rings is 5. The molecule has 1 atom stereocenters. The molecule has 5 aromatic carbocycles. The number of nitrogens with zero attached hydrogens (tertiary/aromatic N) is 1. The van der Waals surface area contributed by atoms with Crippen molar-refractivity contribution < 1.29 is 18.7 Å². The summed E-state index contributed by atoms with van der Waals surface area (Å²) >= 11 is 0. The molecule has 6 heteroatoms. The highest BCUT2D eigenvalue weighted by molar-refractivity contribution is 5.87. The predicted molar refractivity (Wildman–Crippen MR) is 176 cm³/mol. The van der Waals surface area contributed by atoms with Crippen LogP contribution in [0.5, 0.6) is 11.5 Å². The standard InChI is InChI=1S/C39H35FN2O3/c1-44-38-22-31(18-21-37(38)45-27-30-12-6-3-7-13-30)34(23-39(43)41-24-28-10-4-2-5-11-28)35-26-42(36-15-9-8-14-33(35)36)25-29-16-19-32(40)20-17-29/h2-22,26,34H,23-25,27H2,1H3,(H,41,43)/t34-/m1/s1. The number of aromatic nitrogens is 1. The maximum Gasteiger partial charge on any atom is 0.221 e. The van der Waals surface area contributed by atoms with Crippen molar-refractivity contribution in [3.63, 3.8) is 0 Å². The number of carbonyl (C=O) groups excluding carboxylic acids is 1. The van der Waals surface area contributed by atoms with E-state index in [-0.39, 0.29) is 24.1 Å². The number of hydrogen-bond acceptors (Lipinski definition) is 3. The van der Waals surface area contributed by atoms with Crippen LogP contribution in [0.15, 0.2) is 134 Å². The van der Waals surface area contributed by atoms with Gasteiger partial charge < -0.3 is 19.4 Å². The van der Waals surface area contributed by atoms with Crippen molar-refractivity contribution in [2.24, 2.45) is 0 Å². The maximum atomic E-state index is 13.6. The van der Waals surface area contributed by atoms with Crippen molar-refractivity contribution in [1.29, 1.82) is 0 Å². The monoisotopic (exact) mass is 598 g/mol. The number of hydrogen-bond donors (Lipinski definition) is 1. The summed E-state index contributed by atoms with van der Waals surface area (Å²) in [5.41, 5.74) is 6.11. The summed E-state index contributed by atoms with van der Waals surface area (Å²) in [5, 5.41) is 4.17. The van der Waals surface area contributed by atoms with Gasteiger partial charge in [-0.3, -0.25) is 4.79 Å². The molecule has 0 aliphatic carbocycles. The van der Waals surface area contributed by atoms with Crippen molar-refractivity contribution in [2.45, 2.75) is 32.0 Å². The summed E-state index contributed by atoms with van der Waals surface area (Å²) in [6.07, 6.45) is 2.36. The normalized spacial score (nSPS) is 11.7. The van der Waals surface area contributed by atoms with Crippen molar-refractivity contribution in [2.75, 3.05) is 7.11 Å². The Balaban J connectivity index is 1.35. The van der Waals surface area contributed by atoms with Crippen molar-refractivity contribution in [3.8, 4) is 11.5 Å². The molecular weight excluding hydrogens is 563 g/mol. The summed E-state index contributed by atoms with van der Waals surface area (Å²) in [5.74, 6) is 0.660. The highest BCUT2D eigenvalue weighted by atomic mass is 19.1. The molecule has 45 heavy (non-hydrogen) atoms. The summed E-state index contributed by atoms with van der Waals surface area (Å²) < 4.78 is 27.7. The van der Waals surface area contributed by atoms with Crippen LogP contribution in [0.3, 0.4) is 0 Å². The van der Waals surface area contributed by atoms with Crippen molar-refractivity contribution >= 4 is 16.8 Å². The molecule has 5 nitrogen and oxygen atoms in total. The van der Waals surface area contributed by atoms with Gasteiger partial charge in [-0.15, -0.1) is 0 Å². The van der Waals surface area contributed by atoms with Crippen molar-refractivity contribution in [3.05, 3.63) is 167 Å². The Hall–Kier alpha value is -5.36. The average molecular weight is 599 g/mol. The number of methoxy groups -OCH3 is 1. The van der Waals surface area contributed by atoms with Crippen LogP contribution in [0.4, 0.5) is 4.39 Å². The molecule has 0 unspecified atom stereocenters. The number of fused-ring (bicyclic) bond motifs is 1. The SMILES string of the molecule is COc1cc([C@@H](CC(=O)NCc2ccccc2)c2cn(Cc3ccc(F)cc3)c3ccccc23)ccc1OCc1ccccc1. The van der Waals surface area contributed by atoms with Gasteiger partial charge in [-0.1, -0.05) is 97.1 Å². The minimum Gasteiger partial charge on any atom is -0.493 e. The number of carbonyl (C=O) groups is 1. The van der Waals surface area contributed by atoms with E-state index in [1.165, 1.54) is 12.1 Å². The molecule has 226 valence electrons. The number of rotatable bonds is 12. The maximum absolute atomic E-state index is 13.6. The molecule has 0 saturated carbocycles. The molecular formula is C39H35FN2O3. The molecule has 1 N–H and O–H groups in total. The lowest BCUT2D eigenvalue weighted by Crippen LogP contribution is -2.25. The molecule has 1 heterocycles. The molecule has 6 rings (SSSR count). The van der Waals surface area contributed by atoms with Gasteiger partial charge in [0, 0.05) is 42.5 Å². The van der Waals surface area contributed by atoms with Crippen LogP contribution in [-0.2, 0) is 24.5 Å². The Labute approximate surface area is 262 Å². The first kappa shape index (κ1) is 29.7. The van der Waals surface area contributed by atoms with Gasteiger partial charge in [0.25, 0.3) is 0 Å². The summed E-state index contributed by atoms with van der Waals surface area (Å²) in [4.78, 5) is 13.5. The van der Waals surface area contributed by atoms with E-state index < -0.39 is 0 Å². The van der Waals surface area contributed by atoms with Gasteiger partial charge in [-0.25, -0.2) is 4.39 Å². The van der Waals surface area contributed by atoms with Crippen LogP contribution < -0.4 is 14.8 Å². The van der Waals surface area contributed by atoms with E-state index in [0.717, 1.165) is 38.7 Å². The van der Waals surface area contributed by atoms with Crippen LogP contribution >= 0.6 is 0 Å². The van der Waals surface area contributed by atoms with E-state index in [1.54, 1.807) is 19.2 Å². The Morgan fingerprint density at radius 2 is 1.47 bits per heavy atom. The number of para-hydroxylation sites is 1. The lowest BCUT2D eigenvalue weighted by atomic mass is 9.87. The number of ether oxygens (including phenoxy) is 2. The largest absolute Gasteiger partial charge is 0.493 e. The smallest absolute Gasteiger partial charge is 0.221 e. The van der Waals surface area contributed by atoms with Gasteiger partial charge in [-0.05, 0) is 58.1 Å². The summed E-state index contributed by atoms with van der Waals surface area (Å²) in [7, 11) is 1.63. The molecule has 0 fully saturated rings. The van der Waals surface area contributed by atoms with Gasteiger partial charge in [-0.2, -0.15) is 0 Å². The van der Waals surface area contributed by atoms with Crippen molar-refractivity contribution in [1.82, 2.24) is 9.88 Å². The van der Waals surface area contributed by atoms with E-state index in [2.05, 4.69) is 28.2 Å². The molecule has 1 aromatic heterocycles. The first-order valence-corrected chi connectivity index (χ1v) is 15.0. The van der Waals surface area contributed by atoms with Crippen LogP contribution in [0.25, 0.3) is 10.9 Å². The minimum absolute atomic E-state index is 0.0532. The average Bonchev–Trinajstić information content (AvgIpc) is 3.45. The fourth-order valence-corrected chi connectivity index (χ4v) is 5.69. The zero-order valence-electron chi connectivity index (χ0n) is 25.2. The second kappa shape index (κ2) is 14.0. The van der Waals surface area contributed by atoms with Gasteiger partial charge in [0.15, 0.2) is 11.5 Å². The molecule has 0 radical (unpaired) electrons. The zero-order valence-corrected chi connectivity index (χ0v) is 25.2. The fraction of sp³-hybridized carbons (Fsp3) is 0.154. The first-order valence-electron chi connectivity index (χ1n) is 15.0. The third-order valence-electron chi connectivity index (χ3n) is 8.01. The highest BCUT2D eigenvalue weighted by Crippen LogP contribution is 2.39. The highest BCUT2D eigenvalue weighted by Gasteiger charge is 2.24. The van der Waals surface area contributed by atoms with Crippen LogP contribution in [0, 0.1) is 5.82 Å². The van der Waals surface area contributed by atoms with E-state index in [4.69, 9.17) is 9.47 Å². The topological polar surface area (TPSA) is 52.5 Å². The Morgan fingerprint density at radius 3 is 2.20 bits per heavy atom. The second-order valence-corrected chi connectivity index (χ2v) is 11.1. The fourth-order valence-electron chi connectivity index (χ4n) is 5.69. The molecule has 0 bridgehead atoms. The van der Waals surface area contributed by atoms with Crippen LogP contribution in [0.2, 0.25) is 0 Å². The minimum atomic E-state index is -0.266. The lowest BCUT2D eigenvalue weighted by Gasteiger charge is -2.20. The molecule has 0 saturated heterocycles. The third-order valence-corrected chi connectivity index (χ3v) is 8.01. The molecule has 6 aromatic rings. The zero-order chi connectivity index (χ0) is 31.0. The van der Waals surface area contributed by atoms with Crippen LogP contribution in [-0.4, -0.2) is 17.6 Å². The Bertz CT molecular complexity index is 1870. The summed E-state index contributed by atoms with van der Waals surface area (Å²) in [6, 6.07) is 40.6. The van der Waals surface area contributed by atoms with E-state index >= 15 is 0 Å². The van der Waals surface area contributed by atoms with E-state index in [9.17, 15) is 9.18 Å². The van der Waals surface area contributed by atoms with Gasteiger partial charge in [0.2, 0.25) is 5.91 Å². The molecule has 0 aliphatic heterocycles. The first-order chi connectivity index (χ1) is 22.1. The third kappa shape index (κ3) is 7.24. The molecule has 0 aliphatic rings. The predicted octanol–water partition coefficient (Wildman–Crippen LogP) is 8.25. The number of nitrogens with one attached hydrogen (secondary N) is 1. The molecule has 0 spiro atoms. The molecule has 1 amide bonds. The Kier molecular flexibility index (Phi) is 9.21. The second-order valence-electron chi connectivity index (χ2n) is 11.1. The lowest BCUT2D eigenvalue weighted by molar-refractivity contribution is -0.121. The van der Waals surface area contributed by atoms with Gasteiger partial charge >= 0.3 is 0 Å².